The number of ketones is 1. The lowest BCUT2D eigenvalue weighted by molar-refractivity contribution is -0.765. The van der Waals surface area contributed by atoms with Crippen LogP contribution in [0.3, 0.4) is 0 Å². The van der Waals surface area contributed by atoms with Gasteiger partial charge in [-0.25, -0.2) is 24.1 Å². The number of nitrogens with zero attached hydrogens (tertiary/aromatic N) is 5. The first-order valence-corrected chi connectivity index (χ1v) is 15.8. The van der Waals surface area contributed by atoms with E-state index in [9.17, 15) is 44.1 Å². The van der Waals surface area contributed by atoms with Crippen LogP contribution in [-0.4, -0.2) is 105 Å². The molecule has 2 unspecified atom stereocenters. The molecule has 0 bridgehead atoms. The zero-order valence-corrected chi connectivity index (χ0v) is 24.4. The van der Waals surface area contributed by atoms with Crippen LogP contribution in [0.15, 0.2) is 37.2 Å². The molecule has 2 aliphatic rings. The third kappa shape index (κ3) is 6.73. The largest absolute Gasteiger partial charge is 0.481 e. The number of nitrogens with two attached hydrogens (primary N) is 1. The smallest absolute Gasteiger partial charge is 0.387 e. The number of aliphatic hydroxyl groups excluding tert-OH is 4. The average Bonchev–Trinajstić information content (AvgIpc) is 3.61. The monoisotopic (exact) mass is 663 g/mol. The van der Waals surface area contributed by atoms with E-state index in [0.29, 0.717) is 5.56 Å². The molecule has 2 saturated heterocycles. The van der Waals surface area contributed by atoms with E-state index in [4.69, 9.17) is 24.3 Å². The van der Waals surface area contributed by atoms with Crippen molar-refractivity contribution >= 4 is 38.4 Å². The third-order valence-electron chi connectivity index (χ3n) is 6.87. The summed E-state index contributed by atoms with van der Waals surface area (Å²) in [6.45, 7) is -0.430. The maximum absolute atomic E-state index is 12.4. The molecule has 0 aliphatic carbocycles. The maximum atomic E-state index is 12.4. The van der Waals surface area contributed by atoms with Crippen LogP contribution in [-0.2, 0) is 32.0 Å². The van der Waals surface area contributed by atoms with Crippen molar-refractivity contribution < 1.29 is 71.5 Å². The Bertz CT molecular complexity index is 1630. The van der Waals surface area contributed by atoms with Crippen molar-refractivity contribution in [1.82, 2.24) is 19.5 Å². The van der Waals surface area contributed by atoms with Gasteiger partial charge in [0.05, 0.1) is 25.1 Å². The normalized spacial score (nSPS) is 31.6. The first kappa shape index (κ1) is 32.6. The molecule has 0 aromatic carbocycles. The number of hydrogen-bond acceptors (Lipinski definition) is 16. The molecular formula is C22H29N6O14P2+. The van der Waals surface area contributed by atoms with Crippen molar-refractivity contribution in [3.8, 4) is 0 Å². The van der Waals surface area contributed by atoms with Gasteiger partial charge in [0.15, 0.2) is 42.0 Å². The van der Waals surface area contributed by atoms with E-state index in [2.05, 4.69) is 19.3 Å². The minimum absolute atomic E-state index is 0.0547. The van der Waals surface area contributed by atoms with E-state index in [1.54, 1.807) is 0 Å². The zero-order chi connectivity index (χ0) is 32.0. The second kappa shape index (κ2) is 12.5. The maximum Gasteiger partial charge on any atom is 0.481 e. The summed E-state index contributed by atoms with van der Waals surface area (Å²) in [7, 11) is -10.7. The average molecular weight is 663 g/mol. The summed E-state index contributed by atoms with van der Waals surface area (Å²) in [4.78, 5) is 43.6. The standard InChI is InChI=1S/C22H28N6O14P2/c1-10(29)11-3-2-4-27(5-11)21-17(32)15(30)12(40-21)6-38-43(34,35)42-44(36,37)39-7-13-16(31)18(33)22(41-13)28-9-26-14-19(23)24-8-25-20(14)28/h2-5,8-9,12-13,15-18,21-22,30-33H,6-7H2,1H3,(H3-,23,24,25,34,35,36,37)/p+1/t12-,13+,15+,16-,17+,18-,21+,22+/m0/s1. The molecular weight excluding hydrogens is 634 g/mol. The molecule has 2 aliphatic heterocycles. The molecule has 0 saturated carbocycles. The summed E-state index contributed by atoms with van der Waals surface area (Å²) < 4.78 is 52.2. The lowest BCUT2D eigenvalue weighted by Gasteiger charge is -2.20. The van der Waals surface area contributed by atoms with Gasteiger partial charge < -0.3 is 45.4 Å². The van der Waals surface area contributed by atoms with Crippen LogP contribution < -0.4 is 10.3 Å². The lowest BCUT2D eigenvalue weighted by atomic mass is 10.1. The second-order valence-corrected chi connectivity index (χ2v) is 12.9. The van der Waals surface area contributed by atoms with E-state index < -0.39 is 77.9 Å². The number of nitrogen functional groups attached to an aromatic ring is 1. The topological polar surface area (TPSA) is 292 Å². The van der Waals surface area contributed by atoms with E-state index in [-0.39, 0.29) is 22.8 Å². The molecule has 0 amide bonds. The highest BCUT2D eigenvalue weighted by atomic mass is 31.3. The number of aromatic nitrogens is 5. The number of ether oxygens (including phenoxy) is 2. The van der Waals surface area contributed by atoms with Gasteiger partial charge >= 0.3 is 15.6 Å². The Morgan fingerprint density at radius 2 is 1.64 bits per heavy atom. The van der Waals surface area contributed by atoms with Crippen LogP contribution in [0.1, 0.15) is 29.7 Å². The number of carbonyl (C=O) groups is 1. The molecule has 5 rings (SSSR count). The summed E-state index contributed by atoms with van der Waals surface area (Å²) in [6.07, 6.45) is -6.47. The quantitative estimate of drug-likeness (QED) is 0.0669. The van der Waals surface area contributed by atoms with E-state index in [1.807, 2.05) is 0 Å². The van der Waals surface area contributed by atoms with Gasteiger partial charge in [0, 0.05) is 6.07 Å². The number of hydrogen-bond donors (Lipinski definition) is 7. The fraction of sp³-hybridized carbons (Fsp3) is 0.500. The summed E-state index contributed by atoms with van der Waals surface area (Å²) in [5.41, 5.74) is 6.41. The lowest BCUT2D eigenvalue weighted by Crippen LogP contribution is -2.46. The van der Waals surface area contributed by atoms with Gasteiger partial charge in [0.25, 0.3) is 6.23 Å². The van der Waals surface area contributed by atoms with Crippen LogP contribution in [0.4, 0.5) is 5.82 Å². The molecule has 0 radical (unpaired) electrons. The van der Waals surface area contributed by atoms with Crippen molar-refractivity contribution in [2.75, 3.05) is 18.9 Å². The van der Waals surface area contributed by atoms with E-state index >= 15 is 0 Å². The molecule has 44 heavy (non-hydrogen) atoms. The molecule has 10 atom stereocenters. The number of rotatable bonds is 11. The van der Waals surface area contributed by atoms with E-state index in [0.717, 1.165) is 6.33 Å². The van der Waals surface area contributed by atoms with Gasteiger partial charge in [-0.2, -0.15) is 8.88 Å². The third-order valence-corrected chi connectivity index (χ3v) is 9.47. The van der Waals surface area contributed by atoms with Crippen LogP contribution >= 0.6 is 15.6 Å². The predicted octanol–water partition coefficient (Wildman–Crippen LogP) is -1.91. The molecule has 22 heteroatoms. The Morgan fingerprint density at radius 1 is 1.00 bits per heavy atom. The number of carbonyl (C=O) groups excluding carboxylic acids is 1. The number of fused-ring (bicyclic) bond motifs is 1. The highest BCUT2D eigenvalue weighted by Gasteiger charge is 2.50. The van der Waals surface area contributed by atoms with Crippen LogP contribution in [0.2, 0.25) is 0 Å². The van der Waals surface area contributed by atoms with Crippen molar-refractivity contribution in [2.24, 2.45) is 0 Å². The number of Topliss-reactive ketones (excluding diaryl/α,β-unsaturated/α-hetero) is 1. The van der Waals surface area contributed by atoms with Gasteiger partial charge in [-0.1, -0.05) is 0 Å². The van der Waals surface area contributed by atoms with Crippen molar-refractivity contribution in [1.29, 1.82) is 0 Å². The number of imidazole rings is 1. The predicted molar refractivity (Wildman–Crippen MR) is 141 cm³/mol. The van der Waals surface area contributed by atoms with Gasteiger partial charge in [0.1, 0.15) is 42.4 Å². The van der Waals surface area contributed by atoms with Crippen LogP contribution in [0.5, 0.6) is 0 Å². The molecule has 8 N–H and O–H groups in total. The van der Waals surface area contributed by atoms with E-state index in [1.165, 1.54) is 46.9 Å². The SMILES string of the molecule is CC(=O)c1ccc[n+]([C@@H]2O[C@@H](COP(=O)(O)OP(=O)(O)OC[C@H]3O[C@@H](n4cnc5c(N)ncnc54)[C@@H](O)[C@H]3O)[C@@H](O)[C@H]2O)c1. The molecule has 3 aromatic rings. The van der Waals surface area contributed by atoms with Gasteiger partial charge in [-0.15, -0.1) is 0 Å². The Labute approximate surface area is 247 Å². The summed E-state index contributed by atoms with van der Waals surface area (Å²) in [5, 5.41) is 41.7. The first-order valence-electron chi connectivity index (χ1n) is 12.8. The Hall–Kier alpha value is -2.81. The highest BCUT2D eigenvalue weighted by Crippen LogP contribution is 2.60. The fourth-order valence-corrected chi connectivity index (χ4v) is 6.73. The van der Waals surface area contributed by atoms with Crippen LogP contribution in [0.25, 0.3) is 11.2 Å². The van der Waals surface area contributed by atoms with Gasteiger partial charge in [-0.3, -0.25) is 18.4 Å². The number of aliphatic hydroxyl groups is 4. The minimum Gasteiger partial charge on any atom is -0.387 e. The Kier molecular flexibility index (Phi) is 9.28. The number of phosphoric acid groups is 2. The van der Waals surface area contributed by atoms with Gasteiger partial charge in [0.2, 0.25) is 0 Å². The zero-order valence-electron chi connectivity index (χ0n) is 22.7. The molecule has 0 spiro atoms. The summed E-state index contributed by atoms with van der Waals surface area (Å²) >= 11 is 0. The molecule has 3 aromatic heterocycles. The molecule has 240 valence electrons. The summed E-state index contributed by atoms with van der Waals surface area (Å²) in [5.74, 6) is -0.210. The highest BCUT2D eigenvalue weighted by molar-refractivity contribution is 7.61. The Morgan fingerprint density at radius 3 is 2.30 bits per heavy atom. The van der Waals surface area contributed by atoms with Crippen molar-refractivity contribution in [2.45, 2.75) is 56.0 Å². The molecule has 5 heterocycles. The Balaban J connectivity index is 1.16. The molecule has 2 fully saturated rings. The summed E-state index contributed by atoms with van der Waals surface area (Å²) in [6, 6.07) is 3.04. The fourth-order valence-electron chi connectivity index (χ4n) is 4.64. The number of anilines is 1. The van der Waals surface area contributed by atoms with Gasteiger partial charge in [-0.05, 0) is 13.0 Å². The van der Waals surface area contributed by atoms with Crippen molar-refractivity contribution in [3.63, 3.8) is 0 Å². The first-order chi connectivity index (χ1) is 20.7. The second-order valence-electron chi connectivity index (χ2n) is 9.88. The van der Waals surface area contributed by atoms with Crippen molar-refractivity contribution in [3.05, 3.63) is 42.7 Å². The molecule has 20 nitrogen and oxygen atoms in total. The number of pyridine rings is 1. The number of phosphoric ester groups is 2. The minimum atomic E-state index is -5.36. The van der Waals surface area contributed by atoms with Crippen LogP contribution in [0, 0.1) is 0 Å².